The maximum absolute atomic E-state index is 12.3. The predicted octanol–water partition coefficient (Wildman–Crippen LogP) is 3.49. The molecule has 6 heteroatoms. The van der Waals surface area contributed by atoms with Crippen LogP contribution in [0, 0.1) is 5.92 Å². The lowest BCUT2D eigenvalue weighted by atomic mass is 9.86. The summed E-state index contributed by atoms with van der Waals surface area (Å²) in [5.41, 5.74) is 0.253. The van der Waals surface area contributed by atoms with E-state index < -0.39 is 5.60 Å². The van der Waals surface area contributed by atoms with Gasteiger partial charge in [-0.25, -0.2) is 4.79 Å². The Kier molecular flexibility index (Phi) is 5.57. The van der Waals surface area contributed by atoms with Gasteiger partial charge in [0.25, 0.3) is 0 Å². The number of carbonyl (C=O) groups excluding carboxylic acids is 1. The van der Waals surface area contributed by atoms with Crippen molar-refractivity contribution in [1.82, 2.24) is 4.90 Å². The number of para-hydroxylation sites is 1. The minimum atomic E-state index is -0.542. The first-order valence-electron chi connectivity index (χ1n) is 7.79. The van der Waals surface area contributed by atoms with Gasteiger partial charge in [0, 0.05) is 31.2 Å². The minimum Gasteiger partial charge on any atom is -0.506 e. The number of amides is 1. The highest BCUT2D eigenvalue weighted by Gasteiger charge is 2.38. The number of benzene rings is 1. The Morgan fingerprint density at radius 1 is 1.39 bits per heavy atom. The van der Waals surface area contributed by atoms with Gasteiger partial charge in [0.2, 0.25) is 0 Å². The average Bonchev–Trinajstić information content (AvgIpc) is 2.84. The Morgan fingerprint density at radius 2 is 2.09 bits per heavy atom. The minimum absolute atomic E-state index is 0.0211. The monoisotopic (exact) mass is 385 g/mol. The molecule has 1 aliphatic heterocycles. The summed E-state index contributed by atoms with van der Waals surface area (Å²) >= 11 is 3.33. The largest absolute Gasteiger partial charge is 0.506 e. The second-order valence-corrected chi connectivity index (χ2v) is 7.80. The van der Waals surface area contributed by atoms with Crippen molar-refractivity contribution in [1.29, 1.82) is 0 Å². The molecule has 1 fully saturated rings. The van der Waals surface area contributed by atoms with E-state index >= 15 is 0 Å². The molecule has 1 amide bonds. The second-order valence-electron chi connectivity index (χ2n) is 6.94. The second kappa shape index (κ2) is 7.09. The van der Waals surface area contributed by atoms with Crippen LogP contribution < -0.4 is 0 Å². The Labute approximate surface area is 145 Å². The van der Waals surface area contributed by atoms with E-state index in [-0.39, 0.29) is 30.3 Å². The molecule has 1 saturated heterocycles. The van der Waals surface area contributed by atoms with Gasteiger partial charge < -0.3 is 19.8 Å². The third-order valence-electron chi connectivity index (χ3n) is 4.01. The summed E-state index contributed by atoms with van der Waals surface area (Å²) in [5.74, 6) is 0.270. The van der Waals surface area contributed by atoms with Crippen LogP contribution in [0.15, 0.2) is 22.7 Å². The van der Waals surface area contributed by atoms with Crippen molar-refractivity contribution in [3.05, 3.63) is 28.2 Å². The van der Waals surface area contributed by atoms with Crippen LogP contribution in [0.4, 0.5) is 4.79 Å². The van der Waals surface area contributed by atoms with Crippen molar-refractivity contribution >= 4 is 22.0 Å². The van der Waals surface area contributed by atoms with E-state index in [1.807, 2.05) is 32.9 Å². The first-order valence-corrected chi connectivity index (χ1v) is 8.58. The van der Waals surface area contributed by atoms with Crippen LogP contribution in [0.25, 0.3) is 0 Å². The number of rotatable bonds is 3. The molecule has 0 aliphatic carbocycles. The van der Waals surface area contributed by atoms with Crippen LogP contribution in [-0.2, 0) is 4.74 Å². The Hall–Kier alpha value is -1.27. The number of aromatic hydroxyl groups is 1. The van der Waals surface area contributed by atoms with Gasteiger partial charge in [0.05, 0.1) is 4.47 Å². The van der Waals surface area contributed by atoms with E-state index in [0.29, 0.717) is 24.0 Å². The maximum atomic E-state index is 12.3. The van der Waals surface area contributed by atoms with Crippen molar-refractivity contribution in [3.8, 4) is 5.75 Å². The molecule has 5 nitrogen and oxygen atoms in total. The number of aliphatic hydroxyl groups is 1. The number of likely N-dealkylation sites (tertiary alicyclic amines) is 1. The zero-order valence-corrected chi connectivity index (χ0v) is 15.3. The smallest absolute Gasteiger partial charge is 0.410 e. The molecule has 2 atom stereocenters. The van der Waals surface area contributed by atoms with Crippen molar-refractivity contribution in [3.63, 3.8) is 0 Å². The van der Waals surface area contributed by atoms with Crippen molar-refractivity contribution < 1.29 is 19.7 Å². The SMILES string of the molecule is CC(C)(C)OC(=O)N1CC(CCO)C(c2cccc(Br)c2O)C1. The van der Waals surface area contributed by atoms with E-state index in [9.17, 15) is 15.0 Å². The topological polar surface area (TPSA) is 70.0 Å². The lowest BCUT2D eigenvalue weighted by molar-refractivity contribution is 0.0284. The Balaban J connectivity index is 2.21. The molecule has 128 valence electrons. The zero-order chi connectivity index (χ0) is 17.2. The van der Waals surface area contributed by atoms with E-state index in [4.69, 9.17) is 4.74 Å². The van der Waals surface area contributed by atoms with E-state index in [1.54, 1.807) is 11.0 Å². The quantitative estimate of drug-likeness (QED) is 0.835. The fraction of sp³-hybridized carbons (Fsp3) is 0.588. The summed E-state index contributed by atoms with van der Waals surface area (Å²) in [7, 11) is 0. The van der Waals surface area contributed by atoms with Crippen LogP contribution in [0.2, 0.25) is 0 Å². The molecule has 1 heterocycles. The van der Waals surface area contributed by atoms with Crippen molar-refractivity contribution in [2.24, 2.45) is 5.92 Å². The zero-order valence-electron chi connectivity index (χ0n) is 13.8. The lowest BCUT2D eigenvalue weighted by Crippen LogP contribution is -2.35. The molecular weight excluding hydrogens is 362 g/mol. The van der Waals surface area contributed by atoms with Gasteiger partial charge in [-0.05, 0) is 55.1 Å². The van der Waals surface area contributed by atoms with Gasteiger partial charge in [-0.1, -0.05) is 12.1 Å². The van der Waals surface area contributed by atoms with Gasteiger partial charge in [0.15, 0.2) is 0 Å². The Bertz CT molecular complexity index is 570. The Morgan fingerprint density at radius 3 is 2.70 bits per heavy atom. The number of hydrogen-bond donors (Lipinski definition) is 2. The summed E-state index contributed by atoms with van der Waals surface area (Å²) in [6.45, 7) is 6.56. The third-order valence-corrected chi connectivity index (χ3v) is 4.65. The fourth-order valence-electron chi connectivity index (χ4n) is 2.99. The third kappa shape index (κ3) is 4.38. The number of halogens is 1. The molecule has 2 rings (SSSR count). The summed E-state index contributed by atoms with van der Waals surface area (Å²) in [4.78, 5) is 14.0. The highest BCUT2D eigenvalue weighted by atomic mass is 79.9. The molecular formula is C17H24BrNO4. The molecule has 0 spiro atoms. The summed E-state index contributed by atoms with van der Waals surface area (Å²) < 4.78 is 6.07. The summed E-state index contributed by atoms with van der Waals surface area (Å²) in [6, 6.07) is 5.51. The normalized spacial score (nSPS) is 21.5. The molecule has 0 saturated carbocycles. The standard InChI is InChI=1S/C17H24BrNO4/c1-17(2,3)23-16(22)19-9-11(7-8-20)13(10-19)12-5-4-6-14(18)15(12)21/h4-6,11,13,20-21H,7-10H2,1-3H3. The van der Waals surface area contributed by atoms with Crippen LogP contribution >= 0.6 is 15.9 Å². The highest BCUT2D eigenvalue weighted by Crippen LogP contribution is 2.41. The predicted molar refractivity (Wildman–Crippen MR) is 91.5 cm³/mol. The molecule has 23 heavy (non-hydrogen) atoms. The number of phenols is 1. The van der Waals surface area contributed by atoms with Gasteiger partial charge in [-0.2, -0.15) is 0 Å². The first kappa shape index (κ1) is 18.1. The number of hydrogen-bond acceptors (Lipinski definition) is 4. The summed E-state index contributed by atoms with van der Waals surface area (Å²) in [6.07, 6.45) is 0.230. The van der Waals surface area contributed by atoms with E-state index in [0.717, 1.165) is 5.56 Å². The molecule has 2 N–H and O–H groups in total. The van der Waals surface area contributed by atoms with Crippen LogP contribution in [0.3, 0.4) is 0 Å². The molecule has 1 aromatic carbocycles. The van der Waals surface area contributed by atoms with Crippen LogP contribution in [0.5, 0.6) is 5.75 Å². The van der Waals surface area contributed by atoms with Gasteiger partial charge in [0.1, 0.15) is 11.4 Å². The maximum Gasteiger partial charge on any atom is 0.410 e. The molecule has 0 aromatic heterocycles. The van der Waals surface area contributed by atoms with Crippen molar-refractivity contribution in [2.75, 3.05) is 19.7 Å². The van der Waals surface area contributed by atoms with Crippen LogP contribution in [-0.4, -0.2) is 46.5 Å². The highest BCUT2D eigenvalue weighted by molar-refractivity contribution is 9.10. The molecule has 1 aromatic rings. The molecule has 0 bridgehead atoms. The number of nitrogens with zero attached hydrogens (tertiary/aromatic N) is 1. The number of carbonyl (C=O) groups is 1. The molecule has 1 aliphatic rings. The summed E-state index contributed by atoms with van der Waals surface area (Å²) in [5, 5.41) is 19.6. The molecule has 0 radical (unpaired) electrons. The van der Waals surface area contributed by atoms with E-state index in [1.165, 1.54) is 0 Å². The first-order chi connectivity index (χ1) is 10.7. The van der Waals surface area contributed by atoms with Crippen LogP contribution in [0.1, 0.15) is 38.7 Å². The van der Waals surface area contributed by atoms with Crippen molar-refractivity contribution in [2.45, 2.75) is 38.7 Å². The number of aliphatic hydroxyl groups excluding tert-OH is 1. The average molecular weight is 386 g/mol. The van der Waals surface area contributed by atoms with E-state index in [2.05, 4.69) is 15.9 Å². The van der Waals surface area contributed by atoms with Gasteiger partial charge in [-0.3, -0.25) is 0 Å². The number of ether oxygens (including phenoxy) is 1. The lowest BCUT2D eigenvalue weighted by Gasteiger charge is -2.24. The van der Waals surface area contributed by atoms with Gasteiger partial charge >= 0.3 is 6.09 Å². The number of phenolic OH excluding ortho intramolecular Hbond substituents is 1. The fourth-order valence-corrected chi connectivity index (χ4v) is 3.37. The molecule has 2 unspecified atom stereocenters. The van der Waals surface area contributed by atoms with Gasteiger partial charge in [-0.15, -0.1) is 0 Å².